The Morgan fingerprint density at radius 2 is 1.77 bits per heavy atom. The second-order valence-electron chi connectivity index (χ2n) is 6.79. The van der Waals surface area contributed by atoms with Crippen molar-refractivity contribution in [3.63, 3.8) is 0 Å². The van der Waals surface area contributed by atoms with Gasteiger partial charge in [0.2, 0.25) is 13.0 Å². The number of cyclic esters (lactones) is 1. The van der Waals surface area contributed by atoms with Crippen molar-refractivity contribution in [2.45, 2.75) is 6.23 Å². The Morgan fingerprint density at radius 1 is 1.00 bits per heavy atom. The van der Waals surface area contributed by atoms with E-state index in [-0.39, 0.29) is 12.7 Å². The van der Waals surface area contributed by atoms with E-state index in [4.69, 9.17) is 18.9 Å². The molecular weight excluding hydrogens is 386 g/mol. The number of hydrogen-bond donors (Lipinski definition) is 0. The van der Waals surface area contributed by atoms with Gasteiger partial charge in [0.25, 0.3) is 5.91 Å². The van der Waals surface area contributed by atoms with Gasteiger partial charge < -0.3 is 18.9 Å². The van der Waals surface area contributed by atoms with Gasteiger partial charge >= 0.3 is 5.97 Å². The molecule has 1 amide bonds. The largest absolute Gasteiger partial charge is 0.497 e. The van der Waals surface area contributed by atoms with Gasteiger partial charge in [-0.05, 0) is 54.6 Å². The van der Waals surface area contributed by atoms with Gasteiger partial charge in [0.05, 0.1) is 18.4 Å². The van der Waals surface area contributed by atoms with Gasteiger partial charge in [-0.2, -0.15) is 0 Å². The average molecular weight is 403 g/mol. The van der Waals surface area contributed by atoms with Gasteiger partial charge in [-0.15, -0.1) is 0 Å². The zero-order chi connectivity index (χ0) is 20.7. The highest BCUT2D eigenvalue weighted by molar-refractivity contribution is 6.11. The number of esters is 1. The minimum absolute atomic E-state index is 0.126. The first-order valence-electron chi connectivity index (χ1n) is 9.33. The molecule has 150 valence electrons. The number of rotatable bonds is 3. The van der Waals surface area contributed by atoms with Gasteiger partial charge in [-0.3, -0.25) is 9.69 Å². The summed E-state index contributed by atoms with van der Waals surface area (Å²) in [7, 11) is 1.56. The lowest BCUT2D eigenvalue weighted by Crippen LogP contribution is -2.41. The molecule has 1 atom stereocenters. The van der Waals surface area contributed by atoms with E-state index in [1.807, 2.05) is 0 Å². The van der Waals surface area contributed by atoms with Crippen LogP contribution in [-0.2, 0) is 4.74 Å². The molecule has 30 heavy (non-hydrogen) atoms. The van der Waals surface area contributed by atoms with E-state index in [1.165, 1.54) is 4.90 Å². The van der Waals surface area contributed by atoms with E-state index in [0.29, 0.717) is 39.6 Å². The summed E-state index contributed by atoms with van der Waals surface area (Å²) in [5.41, 5.74) is 1.85. The maximum absolute atomic E-state index is 13.5. The monoisotopic (exact) mass is 403 g/mol. The first-order valence-corrected chi connectivity index (χ1v) is 9.33. The molecular formula is C23H17NO6. The number of benzene rings is 3. The van der Waals surface area contributed by atoms with E-state index in [1.54, 1.807) is 73.8 Å². The lowest BCUT2D eigenvalue weighted by molar-refractivity contribution is 0.0248. The molecule has 3 aromatic carbocycles. The molecule has 0 aliphatic carbocycles. The normalized spacial score (nSPS) is 16.6. The lowest BCUT2D eigenvalue weighted by atomic mass is 10.0. The van der Waals surface area contributed by atoms with Crippen LogP contribution in [0.15, 0.2) is 66.7 Å². The molecule has 0 aromatic heterocycles. The van der Waals surface area contributed by atoms with Gasteiger partial charge in [-0.1, -0.05) is 12.1 Å². The smallest absolute Gasteiger partial charge is 0.342 e. The number of nitrogens with zero attached hydrogens (tertiary/aromatic N) is 1. The summed E-state index contributed by atoms with van der Waals surface area (Å²) >= 11 is 0. The van der Waals surface area contributed by atoms with E-state index in [0.717, 1.165) is 0 Å². The number of hydrogen-bond acceptors (Lipinski definition) is 6. The third-order valence-corrected chi connectivity index (χ3v) is 5.07. The topological polar surface area (TPSA) is 74.3 Å². The van der Waals surface area contributed by atoms with E-state index in [9.17, 15) is 9.59 Å². The minimum Gasteiger partial charge on any atom is -0.497 e. The first kappa shape index (κ1) is 18.1. The van der Waals surface area contributed by atoms with Crippen LogP contribution in [0.2, 0.25) is 0 Å². The van der Waals surface area contributed by atoms with Crippen LogP contribution in [0.1, 0.15) is 32.5 Å². The Morgan fingerprint density at radius 3 is 2.57 bits per heavy atom. The maximum atomic E-state index is 13.5. The fourth-order valence-electron chi connectivity index (χ4n) is 3.57. The number of para-hydroxylation sites is 1. The molecule has 0 spiro atoms. The van der Waals surface area contributed by atoms with Gasteiger partial charge in [-0.25, -0.2) is 4.79 Å². The Hall–Kier alpha value is -4.00. The summed E-state index contributed by atoms with van der Waals surface area (Å²) in [6.45, 7) is 0.126. The molecule has 0 saturated carbocycles. The van der Waals surface area contributed by atoms with Crippen LogP contribution in [0.5, 0.6) is 17.2 Å². The number of ether oxygens (including phenoxy) is 4. The predicted molar refractivity (Wildman–Crippen MR) is 107 cm³/mol. The summed E-state index contributed by atoms with van der Waals surface area (Å²) in [5.74, 6) is 0.991. The van der Waals surface area contributed by atoms with Crippen LogP contribution >= 0.6 is 0 Å². The number of methoxy groups -OCH3 is 1. The van der Waals surface area contributed by atoms with Crippen LogP contribution < -0.4 is 19.1 Å². The van der Waals surface area contributed by atoms with E-state index >= 15 is 0 Å². The number of amides is 1. The molecule has 0 fully saturated rings. The quantitative estimate of drug-likeness (QED) is 0.617. The summed E-state index contributed by atoms with van der Waals surface area (Å²) in [5, 5.41) is 0. The van der Waals surface area contributed by atoms with Crippen molar-refractivity contribution in [3.05, 3.63) is 83.4 Å². The van der Waals surface area contributed by atoms with Crippen LogP contribution in [0, 0.1) is 0 Å². The molecule has 7 heteroatoms. The summed E-state index contributed by atoms with van der Waals surface area (Å²) in [4.78, 5) is 27.7. The molecule has 0 bridgehead atoms. The van der Waals surface area contributed by atoms with Crippen molar-refractivity contribution < 1.29 is 28.5 Å². The third-order valence-electron chi connectivity index (χ3n) is 5.07. The highest BCUT2D eigenvalue weighted by Gasteiger charge is 2.38. The van der Waals surface area contributed by atoms with Gasteiger partial charge in [0.15, 0.2) is 11.5 Å². The SMILES string of the molecule is COc1ccc(C(=O)N2c3ccccc3C(=O)O[C@@H]2c2ccc3c(c2)OCO3)cc1. The summed E-state index contributed by atoms with van der Waals surface area (Å²) < 4.78 is 21.7. The van der Waals surface area contributed by atoms with Crippen LogP contribution in [0.3, 0.4) is 0 Å². The van der Waals surface area contributed by atoms with Gasteiger partial charge in [0.1, 0.15) is 5.75 Å². The zero-order valence-electron chi connectivity index (χ0n) is 16.0. The number of fused-ring (bicyclic) bond motifs is 2. The second-order valence-corrected chi connectivity index (χ2v) is 6.79. The van der Waals surface area contributed by atoms with Crippen LogP contribution in [0.25, 0.3) is 0 Å². The third kappa shape index (κ3) is 2.91. The molecule has 0 unspecified atom stereocenters. The van der Waals surface area contributed by atoms with Crippen molar-refractivity contribution in [2.75, 3.05) is 18.8 Å². The molecule has 2 aliphatic heterocycles. The summed E-state index contributed by atoms with van der Waals surface area (Å²) in [6, 6.07) is 18.9. The molecule has 5 rings (SSSR count). The van der Waals surface area contributed by atoms with Crippen molar-refractivity contribution >= 4 is 17.6 Å². The van der Waals surface area contributed by atoms with Crippen molar-refractivity contribution in [1.29, 1.82) is 0 Å². The van der Waals surface area contributed by atoms with E-state index < -0.39 is 12.2 Å². The fourth-order valence-corrected chi connectivity index (χ4v) is 3.57. The molecule has 3 aromatic rings. The Balaban J connectivity index is 1.61. The first-order chi connectivity index (χ1) is 14.7. The molecule has 0 saturated heterocycles. The second kappa shape index (κ2) is 7.11. The maximum Gasteiger partial charge on any atom is 0.342 e. The molecule has 0 radical (unpaired) electrons. The highest BCUT2D eigenvalue weighted by Crippen LogP contribution is 2.41. The Bertz CT molecular complexity index is 1140. The highest BCUT2D eigenvalue weighted by atomic mass is 16.7. The predicted octanol–water partition coefficient (Wildman–Crippen LogP) is 3.94. The van der Waals surface area contributed by atoms with Crippen LogP contribution in [0.4, 0.5) is 5.69 Å². The van der Waals surface area contributed by atoms with Crippen molar-refractivity contribution in [3.8, 4) is 17.2 Å². The van der Waals surface area contributed by atoms with Crippen molar-refractivity contribution in [1.82, 2.24) is 0 Å². The Labute approximate surface area is 172 Å². The van der Waals surface area contributed by atoms with Crippen LogP contribution in [-0.4, -0.2) is 25.8 Å². The molecule has 2 aliphatic rings. The zero-order valence-corrected chi connectivity index (χ0v) is 16.0. The van der Waals surface area contributed by atoms with Gasteiger partial charge in [0, 0.05) is 11.1 Å². The summed E-state index contributed by atoms with van der Waals surface area (Å²) in [6.07, 6.45) is -0.948. The molecule has 2 heterocycles. The lowest BCUT2D eigenvalue weighted by Gasteiger charge is -2.36. The van der Waals surface area contributed by atoms with E-state index in [2.05, 4.69) is 0 Å². The minimum atomic E-state index is -0.948. The Kier molecular flexibility index (Phi) is 4.28. The van der Waals surface area contributed by atoms with Crippen molar-refractivity contribution in [2.24, 2.45) is 0 Å². The number of carbonyl (C=O) groups excluding carboxylic acids is 2. The molecule has 0 N–H and O–H groups in total. The average Bonchev–Trinajstić information content (AvgIpc) is 3.26. The number of anilines is 1. The number of carbonyl (C=O) groups is 2. The standard InChI is InChI=1S/C23H17NO6/c1-27-16-9-6-14(7-10-16)21(25)24-18-5-3-2-4-17(18)23(26)30-22(24)15-8-11-19-20(12-15)29-13-28-19/h2-12,22H,13H2,1H3/t22-/m1/s1. The fraction of sp³-hybridized carbons (Fsp3) is 0.130. The molecule has 7 nitrogen and oxygen atoms in total.